The summed E-state index contributed by atoms with van der Waals surface area (Å²) in [6, 6.07) is 10.8. The van der Waals surface area contributed by atoms with Crippen molar-refractivity contribution in [1.29, 1.82) is 0 Å². The number of benzene rings is 1. The van der Waals surface area contributed by atoms with Crippen molar-refractivity contribution in [2.45, 2.75) is 6.92 Å². The zero-order valence-corrected chi connectivity index (χ0v) is 14.9. The standard InChI is InChI=1S/C17H19N3O2S.ClH/c1-11(12-9-18-10-12)16(21)19-13-4-6-14(7-5-13)20-17(22)15-3-2-8-23-15;/h2-8,11-12,18H,9-10H2,1H3,(H,19,21)(H,20,22);1H. The maximum atomic E-state index is 12.2. The van der Waals surface area contributed by atoms with Gasteiger partial charge in [0.1, 0.15) is 0 Å². The lowest BCUT2D eigenvalue weighted by atomic mass is 9.88. The number of hydrogen-bond donors (Lipinski definition) is 3. The van der Waals surface area contributed by atoms with Gasteiger partial charge in [0.05, 0.1) is 4.88 Å². The Labute approximate surface area is 151 Å². The molecule has 3 rings (SSSR count). The molecule has 0 radical (unpaired) electrons. The first-order valence-electron chi connectivity index (χ1n) is 7.60. The number of halogens is 1. The molecule has 128 valence electrons. The Morgan fingerprint density at radius 3 is 2.25 bits per heavy atom. The Balaban J connectivity index is 0.00000208. The number of nitrogens with one attached hydrogen (secondary N) is 3. The highest BCUT2D eigenvalue weighted by Crippen LogP contribution is 2.20. The number of thiophene rings is 1. The van der Waals surface area contributed by atoms with E-state index in [9.17, 15) is 9.59 Å². The van der Waals surface area contributed by atoms with Crippen LogP contribution in [0.15, 0.2) is 41.8 Å². The fraction of sp³-hybridized carbons (Fsp3) is 0.294. The van der Waals surface area contributed by atoms with E-state index in [0.717, 1.165) is 18.8 Å². The van der Waals surface area contributed by atoms with Crippen molar-refractivity contribution in [3.63, 3.8) is 0 Å². The summed E-state index contributed by atoms with van der Waals surface area (Å²) in [5.41, 5.74) is 1.45. The van der Waals surface area contributed by atoms with Gasteiger partial charge in [0, 0.05) is 17.3 Å². The van der Waals surface area contributed by atoms with E-state index in [1.54, 1.807) is 30.3 Å². The van der Waals surface area contributed by atoms with Crippen LogP contribution in [0.2, 0.25) is 0 Å². The third-order valence-electron chi connectivity index (χ3n) is 4.09. The number of anilines is 2. The quantitative estimate of drug-likeness (QED) is 0.762. The van der Waals surface area contributed by atoms with Crippen molar-refractivity contribution in [3.05, 3.63) is 46.7 Å². The van der Waals surface area contributed by atoms with Crippen LogP contribution in [0.25, 0.3) is 0 Å². The average Bonchev–Trinajstić information content (AvgIpc) is 3.01. The molecular weight excluding hydrogens is 346 g/mol. The molecule has 3 N–H and O–H groups in total. The molecule has 1 aliphatic heterocycles. The Bertz CT molecular complexity index is 684. The van der Waals surface area contributed by atoms with Gasteiger partial charge in [-0.3, -0.25) is 9.59 Å². The van der Waals surface area contributed by atoms with Gasteiger partial charge in [-0.2, -0.15) is 0 Å². The summed E-state index contributed by atoms with van der Waals surface area (Å²) in [5, 5.41) is 10.8. The van der Waals surface area contributed by atoms with E-state index in [1.165, 1.54) is 11.3 Å². The molecule has 1 saturated heterocycles. The van der Waals surface area contributed by atoms with E-state index in [2.05, 4.69) is 16.0 Å². The molecule has 1 atom stereocenters. The molecule has 2 aromatic rings. The zero-order chi connectivity index (χ0) is 16.2. The van der Waals surface area contributed by atoms with Crippen molar-refractivity contribution in [2.75, 3.05) is 23.7 Å². The Morgan fingerprint density at radius 1 is 1.12 bits per heavy atom. The molecule has 1 unspecified atom stereocenters. The smallest absolute Gasteiger partial charge is 0.265 e. The zero-order valence-electron chi connectivity index (χ0n) is 13.2. The van der Waals surface area contributed by atoms with Crippen LogP contribution in [-0.4, -0.2) is 24.9 Å². The number of hydrogen-bond acceptors (Lipinski definition) is 4. The monoisotopic (exact) mass is 365 g/mol. The molecule has 5 nitrogen and oxygen atoms in total. The van der Waals surface area contributed by atoms with E-state index in [-0.39, 0.29) is 30.1 Å². The Kier molecular flexibility index (Phi) is 6.36. The first kappa shape index (κ1) is 18.4. The first-order valence-corrected chi connectivity index (χ1v) is 8.48. The van der Waals surface area contributed by atoms with Gasteiger partial charge in [-0.1, -0.05) is 13.0 Å². The predicted octanol–water partition coefficient (Wildman–Crippen LogP) is 3.22. The highest BCUT2D eigenvalue weighted by Gasteiger charge is 2.28. The molecule has 7 heteroatoms. The van der Waals surface area contributed by atoms with Crippen molar-refractivity contribution in [1.82, 2.24) is 5.32 Å². The van der Waals surface area contributed by atoms with Gasteiger partial charge >= 0.3 is 0 Å². The molecule has 24 heavy (non-hydrogen) atoms. The first-order chi connectivity index (χ1) is 11.1. The third-order valence-corrected chi connectivity index (χ3v) is 4.96. The minimum absolute atomic E-state index is 0. The average molecular weight is 366 g/mol. The lowest BCUT2D eigenvalue weighted by Gasteiger charge is -2.31. The summed E-state index contributed by atoms with van der Waals surface area (Å²) in [6.07, 6.45) is 0. The van der Waals surface area contributed by atoms with Crippen LogP contribution in [0.1, 0.15) is 16.6 Å². The van der Waals surface area contributed by atoms with E-state index >= 15 is 0 Å². The van der Waals surface area contributed by atoms with Gasteiger partial charge in [-0.25, -0.2) is 0 Å². The number of carbonyl (C=O) groups excluding carboxylic acids is 2. The van der Waals surface area contributed by atoms with E-state index < -0.39 is 0 Å². The van der Waals surface area contributed by atoms with Gasteiger partial charge in [-0.15, -0.1) is 23.7 Å². The van der Waals surface area contributed by atoms with Crippen LogP contribution in [0, 0.1) is 11.8 Å². The molecule has 1 aromatic carbocycles. The normalized spacial score (nSPS) is 14.9. The Hall–Kier alpha value is -1.89. The summed E-state index contributed by atoms with van der Waals surface area (Å²) in [5.74, 6) is 0.323. The summed E-state index contributed by atoms with van der Waals surface area (Å²) >= 11 is 1.40. The second kappa shape index (κ2) is 8.28. The van der Waals surface area contributed by atoms with Gasteiger partial charge < -0.3 is 16.0 Å². The highest BCUT2D eigenvalue weighted by molar-refractivity contribution is 7.12. The van der Waals surface area contributed by atoms with Crippen molar-refractivity contribution in [2.24, 2.45) is 11.8 Å². The highest BCUT2D eigenvalue weighted by atomic mass is 35.5. The molecular formula is C17H20ClN3O2S. The lowest BCUT2D eigenvalue weighted by Crippen LogP contribution is -2.48. The largest absolute Gasteiger partial charge is 0.326 e. The van der Waals surface area contributed by atoms with Crippen LogP contribution in [0.4, 0.5) is 11.4 Å². The van der Waals surface area contributed by atoms with Crippen molar-refractivity contribution < 1.29 is 9.59 Å². The number of rotatable bonds is 5. The Morgan fingerprint density at radius 2 is 1.75 bits per heavy atom. The summed E-state index contributed by atoms with van der Waals surface area (Å²) in [7, 11) is 0. The fourth-order valence-corrected chi connectivity index (χ4v) is 2.99. The molecule has 1 aromatic heterocycles. The second-order valence-corrected chi connectivity index (χ2v) is 6.65. The SMILES string of the molecule is CC(C(=O)Nc1ccc(NC(=O)c2cccs2)cc1)C1CNC1.Cl. The van der Waals surface area contributed by atoms with Crippen LogP contribution < -0.4 is 16.0 Å². The molecule has 0 bridgehead atoms. The van der Waals surface area contributed by atoms with Crippen LogP contribution in [-0.2, 0) is 4.79 Å². The predicted molar refractivity (Wildman–Crippen MR) is 100 cm³/mol. The third kappa shape index (κ3) is 4.35. The van der Waals surface area contributed by atoms with E-state index in [0.29, 0.717) is 16.5 Å². The second-order valence-electron chi connectivity index (χ2n) is 5.71. The minimum Gasteiger partial charge on any atom is -0.326 e. The topological polar surface area (TPSA) is 70.2 Å². The number of carbonyl (C=O) groups is 2. The van der Waals surface area contributed by atoms with E-state index in [1.807, 2.05) is 18.4 Å². The van der Waals surface area contributed by atoms with Crippen LogP contribution in [0.3, 0.4) is 0 Å². The van der Waals surface area contributed by atoms with Gasteiger partial charge in [0.25, 0.3) is 5.91 Å². The van der Waals surface area contributed by atoms with Crippen molar-refractivity contribution >= 4 is 46.9 Å². The lowest BCUT2D eigenvalue weighted by molar-refractivity contribution is -0.121. The molecule has 1 fully saturated rings. The minimum atomic E-state index is -0.122. The summed E-state index contributed by atoms with van der Waals surface area (Å²) in [6.45, 7) is 3.76. The molecule has 0 aliphatic carbocycles. The van der Waals surface area contributed by atoms with Gasteiger partial charge in [0.2, 0.25) is 5.91 Å². The molecule has 2 amide bonds. The molecule has 1 aliphatic rings. The maximum Gasteiger partial charge on any atom is 0.265 e. The fourth-order valence-electron chi connectivity index (χ4n) is 2.37. The van der Waals surface area contributed by atoms with Crippen molar-refractivity contribution in [3.8, 4) is 0 Å². The van der Waals surface area contributed by atoms with Crippen LogP contribution >= 0.6 is 23.7 Å². The molecule has 2 heterocycles. The summed E-state index contributed by atoms with van der Waals surface area (Å²) in [4.78, 5) is 24.8. The molecule has 0 saturated carbocycles. The van der Waals surface area contributed by atoms with E-state index in [4.69, 9.17) is 0 Å². The van der Waals surface area contributed by atoms with Gasteiger partial charge in [-0.05, 0) is 54.7 Å². The van der Waals surface area contributed by atoms with Crippen LogP contribution in [0.5, 0.6) is 0 Å². The summed E-state index contributed by atoms with van der Waals surface area (Å²) < 4.78 is 0. The van der Waals surface area contributed by atoms with Gasteiger partial charge in [0.15, 0.2) is 0 Å². The number of amides is 2. The maximum absolute atomic E-state index is 12.2. The molecule has 0 spiro atoms.